The number of aromatic nitrogens is 1. The Bertz CT molecular complexity index is 1170. The fourth-order valence-electron chi connectivity index (χ4n) is 4.68. The van der Waals surface area contributed by atoms with Crippen LogP contribution in [0.3, 0.4) is 0 Å². The monoisotopic (exact) mass is 530 g/mol. The van der Waals surface area contributed by atoms with Crippen molar-refractivity contribution in [3.05, 3.63) is 31.9 Å². The first kappa shape index (κ1) is 27.9. The minimum absolute atomic E-state index is 0.0684. The quantitative estimate of drug-likeness (QED) is 0.266. The van der Waals surface area contributed by atoms with Gasteiger partial charge in [-0.2, -0.15) is 5.26 Å². The molecule has 1 aromatic rings. The van der Waals surface area contributed by atoms with Crippen molar-refractivity contribution in [2.75, 3.05) is 31.1 Å². The van der Waals surface area contributed by atoms with Crippen molar-refractivity contribution in [1.29, 1.82) is 5.26 Å². The van der Waals surface area contributed by atoms with Gasteiger partial charge in [-0.25, -0.2) is 0 Å². The molecule has 8 nitrogen and oxygen atoms in total. The smallest absolute Gasteiger partial charge is 0.310 e. The van der Waals surface area contributed by atoms with Crippen LogP contribution in [-0.2, 0) is 20.9 Å². The third-order valence-electron chi connectivity index (χ3n) is 6.52. The molecule has 1 atom stereocenters. The Kier molecular flexibility index (Phi) is 9.74. The maximum absolute atomic E-state index is 13.4. The highest BCUT2D eigenvalue weighted by Gasteiger charge is 2.34. The van der Waals surface area contributed by atoms with Crippen LogP contribution in [0.25, 0.3) is 6.08 Å². The molecule has 0 N–H and O–H groups in total. The number of anilines is 1. The fraction of sp³-hybridized carbons (Fsp3) is 0.577. The van der Waals surface area contributed by atoms with E-state index in [9.17, 15) is 19.6 Å². The number of amides is 1. The van der Waals surface area contributed by atoms with Crippen LogP contribution >= 0.6 is 24.0 Å². The predicted molar refractivity (Wildman–Crippen MR) is 147 cm³/mol. The minimum Gasteiger partial charge on any atom is -0.466 e. The fourth-order valence-corrected chi connectivity index (χ4v) is 5.97. The number of ether oxygens (including phenoxy) is 1. The normalized spacial score (nSPS) is 19.2. The first-order valence-corrected chi connectivity index (χ1v) is 13.9. The first-order valence-electron chi connectivity index (χ1n) is 12.6. The van der Waals surface area contributed by atoms with Crippen LogP contribution in [0.1, 0.15) is 69.6 Å². The van der Waals surface area contributed by atoms with E-state index in [0.717, 1.165) is 19.3 Å². The van der Waals surface area contributed by atoms with Crippen molar-refractivity contribution >= 4 is 52.1 Å². The van der Waals surface area contributed by atoms with Gasteiger partial charge >= 0.3 is 5.97 Å². The SMILES string of the molecule is CCCCN1C(=O)/C(=C/c2c(C)c(C#N)c(=O)n(CCC)c2N2CCCC(C(=O)OCC)C2)SC1=S. The molecule has 0 aromatic carbocycles. The Morgan fingerprint density at radius 3 is 2.64 bits per heavy atom. The second-order valence-electron chi connectivity index (χ2n) is 9.03. The van der Waals surface area contributed by atoms with Gasteiger partial charge in [0.2, 0.25) is 0 Å². The van der Waals surface area contributed by atoms with E-state index in [1.807, 2.05) is 11.8 Å². The molecule has 1 amide bonds. The lowest BCUT2D eigenvalue weighted by Crippen LogP contribution is -2.43. The molecule has 3 rings (SSSR count). The van der Waals surface area contributed by atoms with Crippen molar-refractivity contribution < 1.29 is 14.3 Å². The summed E-state index contributed by atoms with van der Waals surface area (Å²) < 4.78 is 7.42. The van der Waals surface area contributed by atoms with Crippen LogP contribution in [0.2, 0.25) is 0 Å². The van der Waals surface area contributed by atoms with E-state index in [2.05, 4.69) is 13.0 Å². The molecule has 2 aliphatic heterocycles. The van der Waals surface area contributed by atoms with E-state index >= 15 is 0 Å². The van der Waals surface area contributed by atoms with Crippen LogP contribution in [0.5, 0.6) is 0 Å². The number of thioether (sulfide) groups is 1. The van der Waals surface area contributed by atoms with E-state index in [1.54, 1.807) is 29.4 Å². The first-order chi connectivity index (χ1) is 17.3. The Morgan fingerprint density at radius 1 is 1.25 bits per heavy atom. The number of nitriles is 1. The maximum Gasteiger partial charge on any atom is 0.310 e. The van der Waals surface area contributed by atoms with Gasteiger partial charge in [-0.15, -0.1) is 0 Å². The molecule has 1 aromatic heterocycles. The second kappa shape index (κ2) is 12.5. The van der Waals surface area contributed by atoms with Crippen LogP contribution < -0.4 is 10.5 Å². The zero-order valence-corrected chi connectivity index (χ0v) is 23.1. The molecule has 10 heteroatoms. The van der Waals surface area contributed by atoms with E-state index in [1.165, 1.54) is 11.8 Å². The summed E-state index contributed by atoms with van der Waals surface area (Å²) in [5.74, 6) is -0.0556. The lowest BCUT2D eigenvalue weighted by molar-refractivity contribution is -0.148. The number of carbonyl (C=O) groups is 2. The molecule has 2 aliphatic rings. The van der Waals surface area contributed by atoms with Gasteiger partial charge in [-0.3, -0.25) is 23.9 Å². The van der Waals surface area contributed by atoms with Gasteiger partial charge in [-0.1, -0.05) is 44.2 Å². The average molecular weight is 531 g/mol. The van der Waals surface area contributed by atoms with Gasteiger partial charge in [0.1, 0.15) is 21.8 Å². The summed E-state index contributed by atoms with van der Waals surface area (Å²) in [5.41, 5.74) is 0.902. The molecular formula is C26H34N4O4S2. The van der Waals surface area contributed by atoms with Gasteiger partial charge < -0.3 is 9.64 Å². The number of hydrogen-bond donors (Lipinski definition) is 0. The summed E-state index contributed by atoms with van der Waals surface area (Å²) in [7, 11) is 0. The highest BCUT2D eigenvalue weighted by atomic mass is 32.2. The summed E-state index contributed by atoms with van der Waals surface area (Å²) in [6, 6.07) is 2.08. The van der Waals surface area contributed by atoms with E-state index in [0.29, 0.717) is 71.8 Å². The topological polar surface area (TPSA) is 95.6 Å². The molecule has 194 valence electrons. The zero-order valence-electron chi connectivity index (χ0n) is 21.5. The number of piperidine rings is 1. The lowest BCUT2D eigenvalue weighted by Gasteiger charge is -2.36. The second-order valence-corrected chi connectivity index (χ2v) is 10.7. The van der Waals surface area contributed by atoms with E-state index in [-0.39, 0.29) is 28.9 Å². The predicted octanol–water partition coefficient (Wildman–Crippen LogP) is 4.22. The van der Waals surface area contributed by atoms with Crippen molar-refractivity contribution in [1.82, 2.24) is 9.47 Å². The Labute approximate surface area is 222 Å². The summed E-state index contributed by atoms with van der Waals surface area (Å²) in [6.45, 7) is 9.93. The summed E-state index contributed by atoms with van der Waals surface area (Å²) in [5, 5.41) is 9.83. The standard InChI is InChI=1S/C26H34N4O4S2/c1-5-8-13-30-24(32)21(36-26(30)35)14-19-17(4)20(15-27)23(31)29(11-6-2)22(19)28-12-9-10-18(16-28)25(33)34-7-3/h14,18H,5-13,16H2,1-4H3/b21-14-. The Morgan fingerprint density at radius 2 is 2.00 bits per heavy atom. The maximum atomic E-state index is 13.4. The molecule has 0 radical (unpaired) electrons. The van der Waals surface area contributed by atoms with Gasteiger partial charge in [0.15, 0.2) is 0 Å². The summed E-state index contributed by atoms with van der Waals surface area (Å²) >= 11 is 6.72. The number of unbranched alkanes of at least 4 members (excludes halogenated alkanes) is 1. The third-order valence-corrected chi connectivity index (χ3v) is 7.90. The van der Waals surface area contributed by atoms with Crippen LogP contribution in [0.4, 0.5) is 5.82 Å². The van der Waals surface area contributed by atoms with Crippen LogP contribution in [0.15, 0.2) is 9.70 Å². The number of esters is 1. The Hall–Kier alpha value is -2.64. The Balaban J connectivity index is 2.17. The molecule has 36 heavy (non-hydrogen) atoms. The number of pyridine rings is 1. The molecule has 3 heterocycles. The molecule has 0 aliphatic carbocycles. The highest BCUT2D eigenvalue weighted by molar-refractivity contribution is 8.26. The van der Waals surface area contributed by atoms with E-state index in [4.69, 9.17) is 17.0 Å². The molecule has 0 bridgehead atoms. The summed E-state index contributed by atoms with van der Waals surface area (Å²) in [4.78, 5) is 43.3. The van der Waals surface area contributed by atoms with Crippen molar-refractivity contribution in [2.45, 2.75) is 66.3 Å². The van der Waals surface area contributed by atoms with Gasteiger partial charge in [0.05, 0.1) is 17.4 Å². The molecule has 2 saturated heterocycles. The number of carbonyl (C=O) groups excluding carboxylic acids is 2. The van der Waals surface area contributed by atoms with E-state index < -0.39 is 0 Å². The van der Waals surface area contributed by atoms with Gasteiger partial charge in [0.25, 0.3) is 11.5 Å². The number of hydrogen-bond acceptors (Lipinski definition) is 8. The molecular weight excluding hydrogens is 496 g/mol. The van der Waals surface area contributed by atoms with Crippen LogP contribution in [-0.4, -0.2) is 51.9 Å². The zero-order chi connectivity index (χ0) is 26.4. The molecule has 0 spiro atoms. The minimum atomic E-state index is -0.349. The number of nitrogens with zero attached hydrogens (tertiary/aromatic N) is 4. The summed E-state index contributed by atoms with van der Waals surface area (Å²) in [6.07, 6.45) is 5.75. The van der Waals surface area contributed by atoms with Crippen molar-refractivity contribution in [3.63, 3.8) is 0 Å². The molecule has 2 fully saturated rings. The van der Waals surface area contributed by atoms with Gasteiger partial charge in [-0.05, 0) is 51.2 Å². The number of rotatable bonds is 9. The van der Waals surface area contributed by atoms with Crippen molar-refractivity contribution in [2.24, 2.45) is 5.92 Å². The largest absolute Gasteiger partial charge is 0.466 e. The number of thiocarbonyl (C=S) groups is 1. The molecule has 1 unspecified atom stereocenters. The van der Waals surface area contributed by atoms with Crippen LogP contribution in [0, 0.1) is 24.2 Å². The molecule has 0 saturated carbocycles. The van der Waals surface area contributed by atoms with Gasteiger partial charge in [0, 0.05) is 31.7 Å². The highest BCUT2D eigenvalue weighted by Crippen LogP contribution is 2.37. The average Bonchev–Trinajstić information content (AvgIpc) is 3.13. The lowest BCUT2D eigenvalue weighted by atomic mass is 9.96. The van der Waals surface area contributed by atoms with Crippen molar-refractivity contribution in [3.8, 4) is 6.07 Å². The third kappa shape index (κ3) is 5.68.